The van der Waals surface area contributed by atoms with E-state index in [0.717, 1.165) is 50.0 Å². The molecule has 4 nitrogen and oxygen atoms in total. The van der Waals surface area contributed by atoms with Crippen LogP contribution in [0.2, 0.25) is 0 Å². The SMILES string of the molecule is c1ccc(-c2nc(-c3ccc(-c4ccc(-c5nc6ccccc6c6sc7ccccc7c56)cc4)cc3)nc(-c3ccc4ccc5cccc6ccc3c4c56)n2)cc1. The highest BCUT2D eigenvalue weighted by molar-refractivity contribution is 7.26. The Morgan fingerprint density at radius 2 is 0.877 bits per heavy atom. The largest absolute Gasteiger partial charge is 0.247 e. The van der Waals surface area contributed by atoms with Crippen LogP contribution in [0, 0.1) is 0 Å². The van der Waals surface area contributed by atoms with Crippen molar-refractivity contribution in [1.29, 1.82) is 0 Å². The molecule has 0 fully saturated rings. The minimum Gasteiger partial charge on any atom is -0.247 e. The van der Waals surface area contributed by atoms with Gasteiger partial charge in [0.2, 0.25) is 0 Å². The first-order chi connectivity index (χ1) is 28.2. The molecule has 0 aliphatic carbocycles. The molecule has 0 aliphatic heterocycles. The van der Waals surface area contributed by atoms with Gasteiger partial charge in [0.05, 0.1) is 11.2 Å². The molecule has 264 valence electrons. The van der Waals surface area contributed by atoms with Gasteiger partial charge in [0.1, 0.15) is 0 Å². The van der Waals surface area contributed by atoms with Gasteiger partial charge in [-0.1, -0.05) is 164 Å². The lowest BCUT2D eigenvalue weighted by Crippen LogP contribution is -2.00. The van der Waals surface area contributed by atoms with Gasteiger partial charge in [0.25, 0.3) is 0 Å². The van der Waals surface area contributed by atoms with Crippen LogP contribution in [0.1, 0.15) is 0 Å². The number of fused-ring (bicyclic) bond motifs is 5. The third-order valence-corrected chi connectivity index (χ3v) is 12.5. The van der Waals surface area contributed by atoms with Gasteiger partial charge in [-0.25, -0.2) is 19.9 Å². The number of hydrogen-bond donors (Lipinski definition) is 0. The molecule has 0 aliphatic rings. The first kappa shape index (κ1) is 32.0. The summed E-state index contributed by atoms with van der Waals surface area (Å²) in [6, 6.07) is 64.3. The van der Waals surface area contributed by atoms with Crippen LogP contribution in [0.15, 0.2) is 182 Å². The highest BCUT2D eigenvalue weighted by Gasteiger charge is 2.19. The Morgan fingerprint density at radius 1 is 0.316 bits per heavy atom. The van der Waals surface area contributed by atoms with E-state index in [2.05, 4.69) is 164 Å². The highest BCUT2D eigenvalue weighted by atomic mass is 32.1. The van der Waals surface area contributed by atoms with Crippen molar-refractivity contribution in [2.75, 3.05) is 0 Å². The molecule has 9 aromatic carbocycles. The van der Waals surface area contributed by atoms with Crippen LogP contribution in [-0.4, -0.2) is 19.9 Å². The standard InChI is InChI=1S/C52H30N4S/c1-2-9-37(10-3-1)50-54-51(56-52(55-50)40-30-28-35-22-21-33-11-8-12-34-27-29-39(40)46(35)45(33)34)38-25-19-32(20-26-38)31-17-23-36(24-18-31)48-47-42-14-5-7-16-44(42)57-49(47)41-13-4-6-15-43(41)53-48/h1-30H. The van der Waals surface area contributed by atoms with E-state index in [1.165, 1.54) is 52.5 Å². The average molecular weight is 743 g/mol. The maximum atomic E-state index is 5.23. The van der Waals surface area contributed by atoms with Crippen molar-refractivity contribution < 1.29 is 0 Å². The second kappa shape index (κ2) is 12.6. The van der Waals surface area contributed by atoms with Gasteiger partial charge in [-0.15, -0.1) is 11.3 Å². The fourth-order valence-corrected chi connectivity index (χ4v) is 9.76. The van der Waals surface area contributed by atoms with E-state index >= 15 is 0 Å². The summed E-state index contributed by atoms with van der Waals surface area (Å²) in [7, 11) is 0. The highest BCUT2D eigenvalue weighted by Crippen LogP contribution is 2.43. The fraction of sp³-hybridized carbons (Fsp3) is 0. The molecule has 0 atom stereocenters. The van der Waals surface area contributed by atoms with E-state index in [9.17, 15) is 0 Å². The zero-order valence-corrected chi connectivity index (χ0v) is 31.3. The summed E-state index contributed by atoms with van der Waals surface area (Å²) in [5.74, 6) is 1.95. The normalized spacial score (nSPS) is 11.9. The van der Waals surface area contributed by atoms with Gasteiger partial charge in [0, 0.05) is 47.8 Å². The molecule has 0 amide bonds. The molecule has 0 spiro atoms. The monoisotopic (exact) mass is 742 g/mol. The lowest BCUT2D eigenvalue weighted by Gasteiger charge is -2.14. The molecule has 57 heavy (non-hydrogen) atoms. The summed E-state index contributed by atoms with van der Waals surface area (Å²) >= 11 is 1.85. The quantitative estimate of drug-likeness (QED) is 0.165. The number of pyridine rings is 1. The van der Waals surface area contributed by atoms with Crippen molar-refractivity contribution in [2.24, 2.45) is 0 Å². The van der Waals surface area contributed by atoms with E-state index < -0.39 is 0 Å². The molecule has 0 bridgehead atoms. The minimum atomic E-state index is 0.640. The maximum Gasteiger partial charge on any atom is 0.164 e. The minimum absolute atomic E-state index is 0.640. The first-order valence-corrected chi connectivity index (χ1v) is 19.9. The molecule has 12 rings (SSSR count). The number of hydrogen-bond acceptors (Lipinski definition) is 5. The van der Waals surface area contributed by atoms with Gasteiger partial charge in [-0.05, 0) is 61.6 Å². The van der Waals surface area contributed by atoms with Crippen LogP contribution in [0.4, 0.5) is 0 Å². The number of nitrogens with zero attached hydrogens (tertiary/aromatic N) is 4. The summed E-state index contributed by atoms with van der Waals surface area (Å²) in [5.41, 5.74) is 8.26. The van der Waals surface area contributed by atoms with E-state index in [4.69, 9.17) is 19.9 Å². The Hall–Kier alpha value is -7.34. The zero-order chi connectivity index (χ0) is 37.5. The van der Waals surface area contributed by atoms with Gasteiger partial charge >= 0.3 is 0 Å². The van der Waals surface area contributed by atoms with Gasteiger partial charge in [-0.2, -0.15) is 0 Å². The third kappa shape index (κ3) is 5.13. The molecule has 0 saturated carbocycles. The first-order valence-electron chi connectivity index (χ1n) is 19.1. The Morgan fingerprint density at radius 3 is 1.63 bits per heavy atom. The van der Waals surface area contributed by atoms with Crippen LogP contribution < -0.4 is 0 Å². The van der Waals surface area contributed by atoms with Crippen molar-refractivity contribution in [3.8, 4) is 56.5 Å². The molecular weight excluding hydrogens is 713 g/mol. The number of rotatable bonds is 5. The Labute approximate surface area is 331 Å². The number of thiophene rings is 1. The predicted octanol–water partition coefficient (Wildman–Crippen LogP) is 14.0. The van der Waals surface area contributed by atoms with Crippen molar-refractivity contribution in [3.05, 3.63) is 182 Å². The van der Waals surface area contributed by atoms with Crippen molar-refractivity contribution >= 4 is 74.7 Å². The lowest BCUT2D eigenvalue weighted by molar-refractivity contribution is 1.08. The summed E-state index contributed by atoms with van der Waals surface area (Å²) in [6.07, 6.45) is 0. The second-order valence-corrected chi connectivity index (χ2v) is 15.6. The predicted molar refractivity (Wildman–Crippen MR) is 239 cm³/mol. The average Bonchev–Trinajstić information content (AvgIpc) is 3.68. The maximum absolute atomic E-state index is 5.23. The van der Waals surface area contributed by atoms with E-state index in [0.29, 0.717) is 17.5 Å². The lowest BCUT2D eigenvalue weighted by atomic mass is 9.92. The summed E-state index contributed by atoms with van der Waals surface area (Å²) in [6.45, 7) is 0. The van der Waals surface area contributed by atoms with Gasteiger partial charge in [0.15, 0.2) is 17.5 Å². The number of para-hydroxylation sites is 1. The molecule has 0 radical (unpaired) electrons. The molecule has 12 aromatic rings. The van der Waals surface area contributed by atoms with Crippen LogP contribution >= 0.6 is 11.3 Å². The van der Waals surface area contributed by atoms with E-state index in [1.807, 2.05) is 29.5 Å². The van der Waals surface area contributed by atoms with Crippen LogP contribution in [0.3, 0.4) is 0 Å². The molecule has 0 unspecified atom stereocenters. The molecule has 0 saturated heterocycles. The second-order valence-electron chi connectivity index (χ2n) is 14.6. The summed E-state index contributed by atoms with van der Waals surface area (Å²) in [4.78, 5) is 20.5. The van der Waals surface area contributed by atoms with Gasteiger partial charge in [-0.3, -0.25) is 0 Å². The number of aromatic nitrogens is 4. The summed E-state index contributed by atoms with van der Waals surface area (Å²) in [5, 5.41) is 11.0. The third-order valence-electron chi connectivity index (χ3n) is 11.3. The van der Waals surface area contributed by atoms with Crippen molar-refractivity contribution in [2.45, 2.75) is 0 Å². The molecule has 5 heteroatoms. The van der Waals surface area contributed by atoms with E-state index in [1.54, 1.807) is 0 Å². The van der Waals surface area contributed by atoms with Gasteiger partial charge < -0.3 is 0 Å². The Balaban J connectivity index is 0.941. The Kier molecular flexibility index (Phi) is 7.06. The molecule has 0 N–H and O–H groups in total. The van der Waals surface area contributed by atoms with Crippen LogP contribution in [0.25, 0.3) is 120 Å². The molecular formula is C52H30N4S. The summed E-state index contributed by atoms with van der Waals surface area (Å²) < 4.78 is 2.56. The zero-order valence-electron chi connectivity index (χ0n) is 30.5. The molecule has 3 aromatic heterocycles. The van der Waals surface area contributed by atoms with Crippen molar-refractivity contribution in [3.63, 3.8) is 0 Å². The molecule has 3 heterocycles. The van der Waals surface area contributed by atoms with Crippen molar-refractivity contribution in [1.82, 2.24) is 19.9 Å². The van der Waals surface area contributed by atoms with Crippen LogP contribution in [-0.2, 0) is 0 Å². The fourth-order valence-electron chi connectivity index (χ4n) is 8.52. The topological polar surface area (TPSA) is 51.6 Å². The number of benzene rings is 9. The van der Waals surface area contributed by atoms with Crippen LogP contribution in [0.5, 0.6) is 0 Å². The Bertz CT molecular complexity index is 3480. The van der Waals surface area contributed by atoms with E-state index in [-0.39, 0.29) is 0 Å². The smallest absolute Gasteiger partial charge is 0.164 e.